The van der Waals surface area contributed by atoms with Crippen molar-refractivity contribution in [1.82, 2.24) is 14.8 Å². The van der Waals surface area contributed by atoms with Crippen LogP contribution in [-0.2, 0) is 6.54 Å². The Kier molecular flexibility index (Phi) is 4.57. The van der Waals surface area contributed by atoms with Gasteiger partial charge in [0, 0.05) is 17.9 Å². The zero-order valence-corrected chi connectivity index (χ0v) is 15.5. The third kappa shape index (κ3) is 3.27. The number of fused-ring (bicyclic) bond motifs is 1. The molecule has 3 aromatic rings. The van der Waals surface area contributed by atoms with Gasteiger partial charge in [0.25, 0.3) is 5.91 Å². The van der Waals surface area contributed by atoms with E-state index in [0.29, 0.717) is 5.56 Å². The molecule has 0 spiro atoms. The fourth-order valence-corrected chi connectivity index (χ4v) is 3.09. The Bertz CT molecular complexity index is 956. The highest BCUT2D eigenvalue weighted by Crippen LogP contribution is 2.24. The van der Waals surface area contributed by atoms with Crippen molar-refractivity contribution >= 4 is 22.6 Å². The first kappa shape index (κ1) is 17.1. The van der Waals surface area contributed by atoms with Crippen molar-refractivity contribution in [3.8, 4) is 0 Å². The van der Waals surface area contributed by atoms with Crippen LogP contribution in [0.3, 0.4) is 0 Å². The summed E-state index contributed by atoms with van der Waals surface area (Å²) in [4.78, 5) is 17.6. The maximum atomic E-state index is 13.0. The van der Waals surface area contributed by atoms with E-state index in [9.17, 15) is 4.79 Å². The van der Waals surface area contributed by atoms with E-state index in [4.69, 9.17) is 0 Å². The molecular formula is C20H24N4O. The summed E-state index contributed by atoms with van der Waals surface area (Å²) in [7, 11) is 0. The third-order valence-electron chi connectivity index (χ3n) is 4.33. The number of nitrogens with one attached hydrogen (secondary N) is 1. The van der Waals surface area contributed by atoms with E-state index in [2.05, 4.69) is 22.3 Å². The second-order valence-corrected chi connectivity index (χ2v) is 6.59. The summed E-state index contributed by atoms with van der Waals surface area (Å²) in [5.74, 6) is -0.122. The summed E-state index contributed by atoms with van der Waals surface area (Å²) in [6.07, 6.45) is 0.968. The van der Waals surface area contributed by atoms with Crippen LogP contribution in [0.4, 0.5) is 5.69 Å². The molecule has 0 aliphatic heterocycles. The van der Waals surface area contributed by atoms with E-state index in [0.717, 1.165) is 52.2 Å². The average molecular weight is 336 g/mol. The predicted octanol–water partition coefficient (Wildman–Crippen LogP) is 4.33. The van der Waals surface area contributed by atoms with Gasteiger partial charge >= 0.3 is 0 Å². The number of amides is 1. The van der Waals surface area contributed by atoms with Gasteiger partial charge in [0.05, 0.1) is 16.6 Å². The number of aryl methyl sites for hydroxylation is 5. The van der Waals surface area contributed by atoms with E-state index >= 15 is 0 Å². The lowest BCUT2D eigenvalue weighted by atomic mass is 10.1. The second-order valence-electron chi connectivity index (χ2n) is 6.59. The summed E-state index contributed by atoms with van der Waals surface area (Å²) in [5, 5.41) is 8.46. The highest BCUT2D eigenvalue weighted by atomic mass is 16.1. The van der Waals surface area contributed by atoms with Gasteiger partial charge in [-0.25, -0.2) is 9.67 Å². The van der Waals surface area contributed by atoms with E-state index < -0.39 is 0 Å². The number of hydrogen-bond acceptors (Lipinski definition) is 3. The first-order valence-corrected chi connectivity index (χ1v) is 8.64. The smallest absolute Gasteiger partial charge is 0.256 e. The summed E-state index contributed by atoms with van der Waals surface area (Å²) >= 11 is 0. The number of hydrogen-bond donors (Lipinski definition) is 1. The number of carbonyl (C=O) groups is 1. The number of carbonyl (C=O) groups excluding carboxylic acids is 1. The van der Waals surface area contributed by atoms with Gasteiger partial charge in [0.2, 0.25) is 0 Å². The Labute approximate surface area is 148 Å². The van der Waals surface area contributed by atoms with Crippen molar-refractivity contribution in [1.29, 1.82) is 0 Å². The summed E-state index contributed by atoms with van der Waals surface area (Å²) in [6.45, 7) is 10.7. The van der Waals surface area contributed by atoms with Crippen LogP contribution in [0.5, 0.6) is 0 Å². The van der Waals surface area contributed by atoms with Gasteiger partial charge in [0.15, 0.2) is 5.65 Å². The minimum Gasteiger partial charge on any atom is -0.322 e. The van der Waals surface area contributed by atoms with E-state index in [1.54, 1.807) is 0 Å². The number of anilines is 1. The van der Waals surface area contributed by atoms with Crippen LogP contribution in [0.1, 0.15) is 46.2 Å². The lowest BCUT2D eigenvalue weighted by molar-refractivity contribution is 0.102. The molecular weight excluding hydrogens is 312 g/mol. The maximum absolute atomic E-state index is 13.0. The van der Waals surface area contributed by atoms with E-state index in [-0.39, 0.29) is 5.91 Å². The van der Waals surface area contributed by atoms with E-state index in [1.807, 2.05) is 56.6 Å². The maximum Gasteiger partial charge on any atom is 0.256 e. The molecule has 0 saturated heterocycles. The monoisotopic (exact) mass is 336 g/mol. The van der Waals surface area contributed by atoms with Gasteiger partial charge < -0.3 is 5.32 Å². The molecule has 0 aliphatic rings. The van der Waals surface area contributed by atoms with Crippen LogP contribution >= 0.6 is 0 Å². The number of benzene rings is 1. The minimum absolute atomic E-state index is 0.122. The van der Waals surface area contributed by atoms with E-state index in [1.165, 1.54) is 0 Å². The Morgan fingerprint density at radius 2 is 1.92 bits per heavy atom. The summed E-state index contributed by atoms with van der Waals surface area (Å²) in [5.41, 5.74) is 6.06. The normalized spacial score (nSPS) is 11.1. The SMILES string of the molecule is CCCn1nc(C)c2c(C(=O)Nc3cc(C)ccc3C)cc(C)nc21. The molecule has 0 radical (unpaired) electrons. The molecule has 3 rings (SSSR count). The fourth-order valence-electron chi connectivity index (χ4n) is 3.09. The van der Waals surface area contributed by atoms with Crippen LogP contribution in [0.25, 0.3) is 11.0 Å². The van der Waals surface area contributed by atoms with Crippen LogP contribution in [0.15, 0.2) is 24.3 Å². The van der Waals surface area contributed by atoms with Crippen molar-refractivity contribution in [2.75, 3.05) is 5.32 Å². The third-order valence-corrected chi connectivity index (χ3v) is 4.33. The predicted molar refractivity (Wildman–Crippen MR) is 101 cm³/mol. The van der Waals surface area contributed by atoms with Gasteiger partial charge in [-0.3, -0.25) is 4.79 Å². The zero-order chi connectivity index (χ0) is 18.1. The van der Waals surface area contributed by atoms with Crippen LogP contribution < -0.4 is 5.32 Å². The summed E-state index contributed by atoms with van der Waals surface area (Å²) < 4.78 is 1.90. The average Bonchev–Trinajstić information content (AvgIpc) is 2.86. The van der Waals surface area contributed by atoms with Crippen molar-refractivity contribution in [2.45, 2.75) is 47.6 Å². The largest absolute Gasteiger partial charge is 0.322 e. The van der Waals surface area contributed by atoms with Crippen molar-refractivity contribution in [2.24, 2.45) is 0 Å². The van der Waals surface area contributed by atoms with Crippen molar-refractivity contribution in [3.05, 3.63) is 52.3 Å². The molecule has 0 atom stereocenters. The summed E-state index contributed by atoms with van der Waals surface area (Å²) in [6, 6.07) is 7.89. The van der Waals surface area contributed by atoms with Crippen LogP contribution in [0.2, 0.25) is 0 Å². The molecule has 5 heteroatoms. The standard InChI is InChI=1S/C20H24N4O/c1-6-9-24-19-18(15(5)23-24)16(11-14(4)21-19)20(25)22-17-10-12(2)7-8-13(17)3/h7-8,10-11H,6,9H2,1-5H3,(H,22,25). The van der Waals surface area contributed by atoms with Crippen molar-refractivity contribution in [3.63, 3.8) is 0 Å². The first-order valence-electron chi connectivity index (χ1n) is 8.64. The Balaban J connectivity index is 2.08. The Morgan fingerprint density at radius 3 is 2.64 bits per heavy atom. The molecule has 2 aromatic heterocycles. The topological polar surface area (TPSA) is 59.8 Å². The minimum atomic E-state index is -0.122. The van der Waals surface area contributed by atoms with Gasteiger partial charge in [-0.15, -0.1) is 0 Å². The lowest BCUT2D eigenvalue weighted by Crippen LogP contribution is -2.14. The van der Waals surface area contributed by atoms with Gasteiger partial charge in [-0.2, -0.15) is 5.10 Å². The molecule has 0 bridgehead atoms. The Morgan fingerprint density at radius 1 is 1.16 bits per heavy atom. The molecule has 25 heavy (non-hydrogen) atoms. The molecule has 130 valence electrons. The number of rotatable bonds is 4. The lowest BCUT2D eigenvalue weighted by Gasteiger charge is -2.11. The first-order chi connectivity index (χ1) is 11.9. The molecule has 0 unspecified atom stereocenters. The second kappa shape index (κ2) is 6.67. The van der Waals surface area contributed by atoms with Gasteiger partial charge in [-0.1, -0.05) is 19.1 Å². The molecule has 0 saturated carbocycles. The number of pyridine rings is 1. The molecule has 1 amide bonds. The van der Waals surface area contributed by atoms with Gasteiger partial charge in [-0.05, 0) is 57.4 Å². The number of nitrogens with zero attached hydrogens (tertiary/aromatic N) is 3. The molecule has 1 aromatic carbocycles. The van der Waals surface area contributed by atoms with Gasteiger partial charge in [0.1, 0.15) is 0 Å². The van der Waals surface area contributed by atoms with Crippen LogP contribution in [-0.4, -0.2) is 20.7 Å². The van der Waals surface area contributed by atoms with Crippen molar-refractivity contribution < 1.29 is 4.79 Å². The molecule has 0 aliphatic carbocycles. The molecule has 1 N–H and O–H groups in total. The zero-order valence-electron chi connectivity index (χ0n) is 15.5. The molecule has 2 heterocycles. The quantitative estimate of drug-likeness (QED) is 0.771. The molecule has 5 nitrogen and oxygen atoms in total. The number of aromatic nitrogens is 3. The Hall–Kier alpha value is -2.69. The highest BCUT2D eigenvalue weighted by Gasteiger charge is 2.19. The molecule has 0 fully saturated rings. The highest BCUT2D eigenvalue weighted by molar-refractivity contribution is 6.12. The fraction of sp³-hybridized carbons (Fsp3) is 0.350. The van der Waals surface area contributed by atoms with Crippen LogP contribution in [0, 0.1) is 27.7 Å².